The summed E-state index contributed by atoms with van der Waals surface area (Å²) in [7, 11) is 0. The highest BCUT2D eigenvalue weighted by atomic mass is 79.9. The summed E-state index contributed by atoms with van der Waals surface area (Å²) in [6.45, 7) is 5.78. The van der Waals surface area contributed by atoms with E-state index in [1.54, 1.807) is 6.08 Å². The molecular weight excluding hydrogens is 254 g/mol. The molecule has 0 aliphatic heterocycles. The van der Waals surface area contributed by atoms with Gasteiger partial charge in [0, 0.05) is 16.2 Å². The largest absolute Gasteiger partial charge is 0.323 e. The summed E-state index contributed by atoms with van der Waals surface area (Å²) in [5.41, 5.74) is 2.91. The Labute approximate surface area is 98.5 Å². The van der Waals surface area contributed by atoms with Gasteiger partial charge in [0.25, 0.3) is 0 Å². The van der Waals surface area contributed by atoms with Crippen LogP contribution in [0.3, 0.4) is 0 Å². The highest BCUT2D eigenvalue weighted by Gasteiger charge is 2.00. The fraction of sp³-hybridized carbons (Fsp3) is 0.250. The van der Waals surface area contributed by atoms with E-state index >= 15 is 0 Å². The van der Waals surface area contributed by atoms with Crippen molar-refractivity contribution in [1.82, 2.24) is 0 Å². The van der Waals surface area contributed by atoms with Crippen molar-refractivity contribution in [2.75, 3.05) is 5.32 Å². The molecule has 0 radical (unpaired) electrons. The molecule has 0 fully saturated rings. The molecule has 1 rings (SSSR count). The van der Waals surface area contributed by atoms with Gasteiger partial charge in [0.15, 0.2) is 0 Å². The van der Waals surface area contributed by atoms with Crippen LogP contribution in [0.2, 0.25) is 0 Å². The van der Waals surface area contributed by atoms with Crippen LogP contribution in [0.4, 0.5) is 5.69 Å². The summed E-state index contributed by atoms with van der Waals surface area (Å²) in [5, 5.41) is 2.81. The Hall–Kier alpha value is -1.09. The van der Waals surface area contributed by atoms with Crippen LogP contribution in [0.25, 0.3) is 0 Å². The number of rotatable bonds is 2. The van der Waals surface area contributed by atoms with Crippen LogP contribution in [0.5, 0.6) is 0 Å². The number of allylic oxidation sites excluding steroid dienone is 1. The predicted molar refractivity (Wildman–Crippen MR) is 66.9 cm³/mol. The molecule has 0 spiro atoms. The number of halogens is 1. The van der Waals surface area contributed by atoms with Crippen LogP contribution >= 0.6 is 15.9 Å². The van der Waals surface area contributed by atoms with Crippen molar-refractivity contribution in [1.29, 1.82) is 0 Å². The molecule has 1 N–H and O–H groups in total. The Morgan fingerprint density at radius 3 is 2.60 bits per heavy atom. The van der Waals surface area contributed by atoms with E-state index in [4.69, 9.17) is 0 Å². The maximum absolute atomic E-state index is 11.4. The minimum atomic E-state index is -0.0864. The molecule has 0 aliphatic carbocycles. The van der Waals surface area contributed by atoms with Gasteiger partial charge in [-0.05, 0) is 44.5 Å². The van der Waals surface area contributed by atoms with Gasteiger partial charge in [-0.2, -0.15) is 0 Å². The van der Waals surface area contributed by atoms with Crippen LogP contribution < -0.4 is 5.32 Å². The fourth-order valence-electron chi connectivity index (χ4n) is 1.16. The molecule has 15 heavy (non-hydrogen) atoms. The Balaban J connectivity index is 2.78. The van der Waals surface area contributed by atoms with Crippen LogP contribution in [-0.2, 0) is 4.79 Å². The SMILES string of the molecule is CC(C)=CC(=O)Nc1ccc(Br)c(C)c1. The lowest BCUT2D eigenvalue weighted by atomic mass is 10.2. The van der Waals surface area contributed by atoms with Crippen molar-refractivity contribution >= 4 is 27.5 Å². The third-order valence-electron chi connectivity index (χ3n) is 1.85. The number of amides is 1. The molecule has 2 nitrogen and oxygen atoms in total. The lowest BCUT2D eigenvalue weighted by Gasteiger charge is -2.04. The smallest absolute Gasteiger partial charge is 0.248 e. The zero-order valence-corrected chi connectivity index (χ0v) is 10.7. The maximum Gasteiger partial charge on any atom is 0.248 e. The summed E-state index contributed by atoms with van der Waals surface area (Å²) in [4.78, 5) is 11.4. The van der Waals surface area contributed by atoms with E-state index in [-0.39, 0.29) is 5.91 Å². The van der Waals surface area contributed by atoms with Gasteiger partial charge in [-0.1, -0.05) is 21.5 Å². The molecule has 0 saturated carbocycles. The van der Waals surface area contributed by atoms with Crippen LogP contribution in [0.1, 0.15) is 19.4 Å². The molecule has 3 heteroatoms. The van der Waals surface area contributed by atoms with Crippen molar-refractivity contribution in [3.63, 3.8) is 0 Å². The van der Waals surface area contributed by atoms with Crippen molar-refractivity contribution < 1.29 is 4.79 Å². The monoisotopic (exact) mass is 267 g/mol. The summed E-state index contributed by atoms with van der Waals surface area (Å²) in [6, 6.07) is 5.72. The average Bonchev–Trinajstić information content (AvgIpc) is 2.10. The quantitative estimate of drug-likeness (QED) is 0.815. The maximum atomic E-state index is 11.4. The highest BCUT2D eigenvalue weighted by molar-refractivity contribution is 9.10. The average molecular weight is 268 g/mol. The molecule has 1 aromatic rings. The lowest BCUT2D eigenvalue weighted by Crippen LogP contribution is -2.08. The molecule has 0 aromatic heterocycles. The number of carbonyl (C=O) groups excluding carboxylic acids is 1. The second-order valence-electron chi connectivity index (χ2n) is 3.67. The zero-order valence-electron chi connectivity index (χ0n) is 9.10. The fourth-order valence-corrected chi connectivity index (χ4v) is 1.41. The van der Waals surface area contributed by atoms with E-state index in [2.05, 4.69) is 21.2 Å². The first-order valence-corrected chi connectivity index (χ1v) is 5.50. The molecular formula is C12H14BrNO. The molecule has 0 heterocycles. The van der Waals surface area contributed by atoms with Gasteiger partial charge in [0.2, 0.25) is 5.91 Å². The van der Waals surface area contributed by atoms with Gasteiger partial charge in [-0.15, -0.1) is 0 Å². The number of nitrogens with one attached hydrogen (secondary N) is 1. The summed E-state index contributed by atoms with van der Waals surface area (Å²) in [6.07, 6.45) is 1.58. The minimum absolute atomic E-state index is 0.0864. The van der Waals surface area contributed by atoms with Crippen LogP contribution in [-0.4, -0.2) is 5.91 Å². The predicted octanol–water partition coefficient (Wildman–Crippen LogP) is 3.66. The van der Waals surface area contributed by atoms with Crippen LogP contribution in [0, 0.1) is 6.92 Å². The van der Waals surface area contributed by atoms with Gasteiger partial charge in [0.05, 0.1) is 0 Å². The third-order valence-corrected chi connectivity index (χ3v) is 2.74. The number of benzene rings is 1. The van der Waals surface area contributed by atoms with Gasteiger partial charge in [-0.25, -0.2) is 0 Å². The van der Waals surface area contributed by atoms with E-state index in [9.17, 15) is 4.79 Å². The Morgan fingerprint density at radius 1 is 1.40 bits per heavy atom. The van der Waals surface area contributed by atoms with Crippen LogP contribution in [0.15, 0.2) is 34.3 Å². The molecule has 0 bridgehead atoms. The molecule has 1 aromatic carbocycles. The summed E-state index contributed by atoms with van der Waals surface area (Å²) >= 11 is 3.41. The molecule has 0 saturated heterocycles. The van der Waals surface area contributed by atoms with E-state index in [0.29, 0.717) is 0 Å². The molecule has 0 aliphatic rings. The van der Waals surface area contributed by atoms with Crippen molar-refractivity contribution in [2.45, 2.75) is 20.8 Å². The standard InChI is InChI=1S/C12H14BrNO/c1-8(2)6-12(15)14-10-4-5-11(13)9(3)7-10/h4-7H,1-3H3,(H,14,15). The molecule has 0 unspecified atom stereocenters. The van der Waals surface area contributed by atoms with Crippen molar-refractivity contribution in [3.05, 3.63) is 39.9 Å². The van der Waals surface area contributed by atoms with E-state index in [1.165, 1.54) is 0 Å². The number of aryl methyl sites for hydroxylation is 1. The van der Waals surface area contributed by atoms with Gasteiger partial charge in [0.1, 0.15) is 0 Å². The number of carbonyl (C=O) groups is 1. The van der Waals surface area contributed by atoms with Crippen molar-refractivity contribution in [3.8, 4) is 0 Å². The summed E-state index contributed by atoms with van der Waals surface area (Å²) in [5.74, 6) is -0.0864. The van der Waals surface area contributed by atoms with Gasteiger partial charge in [-0.3, -0.25) is 4.79 Å². The Kier molecular flexibility index (Phi) is 4.09. The number of hydrogen-bond donors (Lipinski definition) is 1. The number of anilines is 1. The van der Waals surface area contributed by atoms with Gasteiger partial charge < -0.3 is 5.32 Å². The Morgan fingerprint density at radius 2 is 2.07 bits per heavy atom. The highest BCUT2D eigenvalue weighted by Crippen LogP contribution is 2.19. The number of hydrogen-bond acceptors (Lipinski definition) is 1. The first-order valence-electron chi connectivity index (χ1n) is 4.71. The van der Waals surface area contributed by atoms with Crippen molar-refractivity contribution in [2.24, 2.45) is 0 Å². The minimum Gasteiger partial charge on any atom is -0.323 e. The zero-order chi connectivity index (χ0) is 11.4. The normalized spacial score (nSPS) is 9.60. The van der Waals surface area contributed by atoms with E-state index < -0.39 is 0 Å². The topological polar surface area (TPSA) is 29.1 Å². The first kappa shape index (κ1) is 12.0. The molecule has 0 atom stereocenters. The summed E-state index contributed by atoms with van der Waals surface area (Å²) < 4.78 is 1.04. The van der Waals surface area contributed by atoms with Gasteiger partial charge >= 0.3 is 0 Å². The molecule has 80 valence electrons. The first-order chi connectivity index (χ1) is 6.99. The lowest BCUT2D eigenvalue weighted by molar-refractivity contribution is -0.111. The second-order valence-corrected chi connectivity index (χ2v) is 4.53. The van der Waals surface area contributed by atoms with E-state index in [1.807, 2.05) is 39.0 Å². The Bertz CT molecular complexity index is 406. The van der Waals surface area contributed by atoms with E-state index in [0.717, 1.165) is 21.3 Å². The molecule has 1 amide bonds. The third kappa shape index (κ3) is 3.88. The second kappa shape index (κ2) is 5.12.